The highest BCUT2D eigenvalue weighted by atomic mass is 19.3. The van der Waals surface area contributed by atoms with Gasteiger partial charge in [0.05, 0.1) is 11.2 Å². The second kappa shape index (κ2) is 6.88. The number of aromatic amines is 1. The lowest BCUT2D eigenvalue weighted by atomic mass is 10.2. The minimum absolute atomic E-state index is 0.0983. The van der Waals surface area contributed by atoms with E-state index in [0.29, 0.717) is 22.6 Å². The van der Waals surface area contributed by atoms with Gasteiger partial charge in [0.25, 0.3) is 6.26 Å². The third-order valence-electron chi connectivity index (χ3n) is 3.34. The first kappa shape index (κ1) is 16.3. The van der Waals surface area contributed by atoms with Gasteiger partial charge < -0.3 is 20.2 Å². The number of nitrogen functional groups attached to an aromatic ring is 1. The van der Waals surface area contributed by atoms with Gasteiger partial charge in [0, 0.05) is 0 Å². The average Bonchev–Trinajstić information content (AvgIpc) is 2.99. The van der Waals surface area contributed by atoms with Crippen LogP contribution in [0.2, 0.25) is 0 Å². The van der Waals surface area contributed by atoms with Crippen LogP contribution in [0.15, 0.2) is 36.4 Å². The molecule has 0 fully saturated rings. The predicted octanol–water partition coefficient (Wildman–Crippen LogP) is 3.78. The van der Waals surface area contributed by atoms with Crippen molar-refractivity contribution >= 4 is 28.9 Å². The normalized spacial score (nSPS) is 11.1. The number of nitrogens with one attached hydrogen (secondary N) is 1. The molecule has 0 radical (unpaired) electrons. The topological polar surface area (TPSA) is 97.0 Å². The van der Waals surface area contributed by atoms with E-state index in [2.05, 4.69) is 19.4 Å². The molecule has 1 aromatic heterocycles. The van der Waals surface area contributed by atoms with Gasteiger partial charge in [0.2, 0.25) is 0 Å². The number of nitrogens with two attached hydrogens (primary N) is 1. The lowest BCUT2D eigenvalue weighted by molar-refractivity contribution is -0.0509. The summed E-state index contributed by atoms with van der Waals surface area (Å²) in [6.07, 6.45) is 4.82. The predicted molar refractivity (Wildman–Crippen MR) is 88.7 cm³/mol. The molecule has 0 aliphatic rings. The minimum Gasteiger partial charge on any atom is -0.431 e. The molecule has 8 heteroatoms. The first-order chi connectivity index (χ1) is 12.1. The second-order valence-electron chi connectivity index (χ2n) is 4.98. The van der Waals surface area contributed by atoms with Gasteiger partial charge in [-0.3, -0.25) is 0 Å². The minimum atomic E-state index is -3.01. The Hall–Kier alpha value is -3.60. The van der Waals surface area contributed by atoms with E-state index in [1.54, 1.807) is 24.3 Å². The smallest absolute Gasteiger partial charge is 0.387 e. The number of hydrogen-bond acceptors (Lipinski definition) is 5. The van der Waals surface area contributed by atoms with Crippen LogP contribution in [0.4, 0.5) is 14.5 Å². The van der Waals surface area contributed by atoms with Crippen LogP contribution in [0.3, 0.4) is 0 Å². The molecule has 0 bridgehead atoms. The lowest BCUT2D eigenvalue weighted by Crippen LogP contribution is -2.03. The van der Waals surface area contributed by atoms with Crippen LogP contribution in [0.1, 0.15) is 11.4 Å². The number of H-pyrrole nitrogens is 1. The molecule has 0 saturated heterocycles. The van der Waals surface area contributed by atoms with Gasteiger partial charge >= 0.3 is 6.61 Å². The van der Waals surface area contributed by atoms with E-state index < -0.39 is 6.61 Å². The summed E-state index contributed by atoms with van der Waals surface area (Å²) in [6.45, 7) is -3.01. The number of aromatic nitrogens is 2. The highest BCUT2D eigenvalue weighted by molar-refractivity contribution is 5.88. The molecular formula is C17H12F2N4O2. The van der Waals surface area contributed by atoms with E-state index in [-0.39, 0.29) is 11.5 Å². The number of fused-ring (bicyclic) bond motifs is 1. The molecular weight excluding hydrogens is 330 g/mol. The zero-order valence-corrected chi connectivity index (χ0v) is 12.7. The molecule has 25 heavy (non-hydrogen) atoms. The third kappa shape index (κ3) is 3.67. The molecule has 3 N–H and O–H groups in total. The maximum Gasteiger partial charge on any atom is 0.387 e. The molecule has 3 aromatic rings. The van der Waals surface area contributed by atoms with Crippen LogP contribution in [0.25, 0.3) is 23.2 Å². The summed E-state index contributed by atoms with van der Waals surface area (Å²) >= 11 is 0. The lowest BCUT2D eigenvalue weighted by Gasteiger charge is -2.08. The summed E-state index contributed by atoms with van der Waals surface area (Å²) in [5, 5.41) is 8.62. The zero-order chi connectivity index (χ0) is 17.8. The number of alkyl halides is 2. The van der Waals surface area contributed by atoms with Crippen LogP contribution in [-0.2, 0) is 0 Å². The number of rotatable bonds is 5. The average molecular weight is 342 g/mol. The number of nitriles is 1. The molecule has 0 aliphatic carbocycles. The van der Waals surface area contributed by atoms with E-state index in [9.17, 15) is 8.78 Å². The SMILES string of the molecule is N#COc1cc(/C=C/c2nc3c(N)cccc3[nH]2)ccc1OC(F)F. The number of nitrogens with zero attached hydrogens (tertiary/aromatic N) is 2. The summed E-state index contributed by atoms with van der Waals surface area (Å²) < 4.78 is 33.7. The zero-order valence-electron chi connectivity index (χ0n) is 12.7. The van der Waals surface area contributed by atoms with Gasteiger partial charge in [-0.15, -0.1) is 5.26 Å². The van der Waals surface area contributed by atoms with Gasteiger partial charge in [-0.05, 0) is 35.9 Å². The highest BCUT2D eigenvalue weighted by Gasteiger charge is 2.11. The van der Waals surface area contributed by atoms with Crippen LogP contribution in [-0.4, -0.2) is 16.6 Å². The first-order valence-corrected chi connectivity index (χ1v) is 7.14. The Labute approximate surface area is 141 Å². The Morgan fingerprint density at radius 3 is 2.76 bits per heavy atom. The standard InChI is InChI=1S/C17H12F2N4O2/c18-17(19)25-13-6-4-10(8-14(13)24-9-20)5-7-15-22-12-3-1-2-11(21)16(12)23-15/h1-8,17H,21H2,(H,22,23)/b7-5+. The van der Waals surface area contributed by atoms with Crippen molar-refractivity contribution in [2.45, 2.75) is 6.61 Å². The van der Waals surface area contributed by atoms with Crippen LogP contribution in [0, 0.1) is 11.5 Å². The largest absolute Gasteiger partial charge is 0.431 e. The summed E-state index contributed by atoms with van der Waals surface area (Å²) in [7, 11) is 0. The van der Waals surface area contributed by atoms with Crippen molar-refractivity contribution in [3.63, 3.8) is 0 Å². The van der Waals surface area contributed by atoms with E-state index in [0.717, 1.165) is 5.52 Å². The third-order valence-corrected chi connectivity index (χ3v) is 3.34. The number of halogens is 2. The van der Waals surface area contributed by atoms with Crippen LogP contribution in [0.5, 0.6) is 11.5 Å². The van der Waals surface area contributed by atoms with Crippen molar-refractivity contribution in [2.75, 3.05) is 5.73 Å². The number of hydrogen-bond donors (Lipinski definition) is 2. The van der Waals surface area contributed by atoms with Crippen molar-refractivity contribution in [1.29, 1.82) is 5.26 Å². The van der Waals surface area contributed by atoms with Crippen molar-refractivity contribution in [3.05, 3.63) is 47.8 Å². The number of para-hydroxylation sites is 1. The Morgan fingerprint density at radius 2 is 2.04 bits per heavy atom. The summed E-state index contributed by atoms with van der Waals surface area (Å²) in [6, 6.07) is 9.69. The Bertz CT molecular complexity index is 976. The summed E-state index contributed by atoms with van der Waals surface area (Å²) in [4.78, 5) is 7.47. The van der Waals surface area contributed by atoms with E-state index in [1.165, 1.54) is 18.4 Å². The Morgan fingerprint density at radius 1 is 1.20 bits per heavy atom. The fraction of sp³-hybridized carbons (Fsp3) is 0.0588. The number of benzene rings is 2. The van der Waals surface area contributed by atoms with Crippen molar-refractivity contribution in [1.82, 2.24) is 9.97 Å². The van der Waals surface area contributed by atoms with Crippen molar-refractivity contribution < 1.29 is 18.3 Å². The molecule has 0 spiro atoms. The van der Waals surface area contributed by atoms with Gasteiger partial charge in [-0.25, -0.2) is 4.98 Å². The summed E-state index contributed by atoms with van der Waals surface area (Å²) in [5.74, 6) is 0.257. The number of ether oxygens (including phenoxy) is 2. The molecule has 0 aliphatic heterocycles. The summed E-state index contributed by atoms with van der Waals surface area (Å²) in [5.41, 5.74) is 8.49. The van der Waals surface area contributed by atoms with Crippen LogP contribution >= 0.6 is 0 Å². The van der Waals surface area contributed by atoms with Gasteiger partial charge in [-0.1, -0.05) is 18.2 Å². The number of imidazole rings is 1. The molecule has 0 atom stereocenters. The van der Waals surface area contributed by atoms with E-state index in [4.69, 9.17) is 11.0 Å². The molecule has 0 unspecified atom stereocenters. The first-order valence-electron chi connectivity index (χ1n) is 7.14. The van der Waals surface area contributed by atoms with Gasteiger partial charge in [0.1, 0.15) is 11.3 Å². The maximum atomic E-state index is 12.3. The van der Waals surface area contributed by atoms with E-state index >= 15 is 0 Å². The quantitative estimate of drug-likeness (QED) is 0.543. The Kier molecular flexibility index (Phi) is 4.48. The molecule has 126 valence electrons. The molecule has 1 heterocycles. The highest BCUT2D eigenvalue weighted by Crippen LogP contribution is 2.30. The van der Waals surface area contributed by atoms with Crippen molar-refractivity contribution in [2.24, 2.45) is 0 Å². The fourth-order valence-corrected chi connectivity index (χ4v) is 2.28. The molecule has 2 aromatic carbocycles. The second-order valence-corrected chi connectivity index (χ2v) is 4.98. The van der Waals surface area contributed by atoms with Crippen molar-refractivity contribution in [3.8, 4) is 17.8 Å². The van der Waals surface area contributed by atoms with Gasteiger partial charge in [0.15, 0.2) is 11.5 Å². The number of anilines is 1. The van der Waals surface area contributed by atoms with Crippen LogP contribution < -0.4 is 15.2 Å². The monoisotopic (exact) mass is 342 g/mol. The van der Waals surface area contributed by atoms with Gasteiger partial charge in [-0.2, -0.15) is 8.78 Å². The Balaban J connectivity index is 1.88. The maximum absolute atomic E-state index is 12.3. The van der Waals surface area contributed by atoms with E-state index in [1.807, 2.05) is 12.1 Å². The molecule has 0 amide bonds. The molecule has 0 saturated carbocycles. The molecule has 6 nitrogen and oxygen atoms in total. The molecule has 3 rings (SSSR count). The fourth-order valence-electron chi connectivity index (χ4n) is 2.28.